The molecule has 0 saturated carbocycles. The number of fused-ring (bicyclic) bond motifs is 1. The van der Waals surface area contributed by atoms with E-state index in [2.05, 4.69) is 15.0 Å². The molecule has 0 aliphatic heterocycles. The van der Waals surface area contributed by atoms with E-state index < -0.39 is 0 Å². The topological polar surface area (TPSA) is 50.8 Å². The molecule has 2 heterocycles. The first-order chi connectivity index (χ1) is 8.81. The quantitative estimate of drug-likeness (QED) is 0.764. The van der Waals surface area contributed by atoms with Crippen molar-refractivity contribution in [2.24, 2.45) is 0 Å². The van der Waals surface area contributed by atoms with E-state index >= 15 is 0 Å². The van der Waals surface area contributed by atoms with Crippen molar-refractivity contribution < 1.29 is 4.74 Å². The number of rotatable bonds is 3. The van der Waals surface area contributed by atoms with E-state index in [0.717, 1.165) is 28.3 Å². The number of imidazole rings is 1. The van der Waals surface area contributed by atoms with Gasteiger partial charge in [0, 0.05) is 6.20 Å². The van der Waals surface area contributed by atoms with E-state index in [0.29, 0.717) is 6.61 Å². The summed E-state index contributed by atoms with van der Waals surface area (Å²) in [6.45, 7) is 2.42. The first-order valence-corrected chi connectivity index (χ1v) is 5.80. The van der Waals surface area contributed by atoms with Crippen LogP contribution in [0.5, 0.6) is 5.75 Å². The summed E-state index contributed by atoms with van der Waals surface area (Å²) >= 11 is 0. The maximum absolute atomic E-state index is 5.63. The Morgan fingerprint density at radius 3 is 2.89 bits per heavy atom. The highest BCUT2D eigenvalue weighted by Crippen LogP contribution is 2.13. The van der Waals surface area contributed by atoms with Crippen molar-refractivity contribution >= 4 is 11.2 Å². The van der Waals surface area contributed by atoms with E-state index in [1.54, 1.807) is 0 Å². The second-order valence-corrected chi connectivity index (χ2v) is 4.17. The predicted octanol–water partition coefficient (Wildman–Crippen LogP) is 2.85. The second-order valence-electron chi connectivity index (χ2n) is 4.17. The molecule has 18 heavy (non-hydrogen) atoms. The Labute approximate surface area is 105 Å². The SMILES string of the molecule is Cc1cnc2nc(COc3ccccc3)[nH]c2c1. The van der Waals surface area contributed by atoms with E-state index in [1.165, 1.54) is 0 Å². The summed E-state index contributed by atoms with van der Waals surface area (Å²) in [6, 6.07) is 11.7. The summed E-state index contributed by atoms with van der Waals surface area (Å²) in [5.74, 6) is 1.62. The average molecular weight is 239 g/mol. The fourth-order valence-electron chi connectivity index (χ4n) is 1.79. The number of hydrogen-bond acceptors (Lipinski definition) is 3. The van der Waals surface area contributed by atoms with Crippen molar-refractivity contribution in [3.8, 4) is 5.75 Å². The van der Waals surface area contributed by atoms with Crippen LogP contribution in [-0.2, 0) is 6.61 Å². The van der Waals surface area contributed by atoms with Gasteiger partial charge in [0.1, 0.15) is 18.2 Å². The number of ether oxygens (including phenoxy) is 1. The van der Waals surface area contributed by atoms with E-state index in [4.69, 9.17) is 4.74 Å². The third kappa shape index (κ3) is 2.18. The molecule has 1 N–H and O–H groups in total. The van der Waals surface area contributed by atoms with E-state index in [9.17, 15) is 0 Å². The van der Waals surface area contributed by atoms with Crippen molar-refractivity contribution in [3.63, 3.8) is 0 Å². The second kappa shape index (κ2) is 4.49. The van der Waals surface area contributed by atoms with Crippen molar-refractivity contribution in [1.82, 2.24) is 15.0 Å². The molecule has 0 radical (unpaired) electrons. The van der Waals surface area contributed by atoms with Gasteiger partial charge in [-0.3, -0.25) is 0 Å². The van der Waals surface area contributed by atoms with Crippen LogP contribution in [0.2, 0.25) is 0 Å². The minimum absolute atomic E-state index is 0.416. The average Bonchev–Trinajstić information content (AvgIpc) is 2.79. The summed E-state index contributed by atoms with van der Waals surface area (Å²) in [5.41, 5.74) is 2.79. The summed E-state index contributed by atoms with van der Waals surface area (Å²) in [5, 5.41) is 0. The molecule has 3 aromatic rings. The molecular weight excluding hydrogens is 226 g/mol. The number of nitrogens with zero attached hydrogens (tertiary/aromatic N) is 2. The summed E-state index contributed by atoms with van der Waals surface area (Å²) in [4.78, 5) is 11.8. The molecule has 0 spiro atoms. The van der Waals surface area contributed by atoms with Gasteiger partial charge in [-0.05, 0) is 30.7 Å². The van der Waals surface area contributed by atoms with Crippen LogP contribution in [0.15, 0.2) is 42.6 Å². The molecule has 0 atom stereocenters. The van der Waals surface area contributed by atoms with Gasteiger partial charge in [0.25, 0.3) is 0 Å². The summed E-state index contributed by atoms with van der Waals surface area (Å²) in [7, 11) is 0. The van der Waals surface area contributed by atoms with Crippen LogP contribution < -0.4 is 4.74 Å². The monoisotopic (exact) mass is 239 g/mol. The molecular formula is C14H13N3O. The van der Waals surface area contributed by atoms with Crippen molar-refractivity contribution in [2.45, 2.75) is 13.5 Å². The molecule has 1 aromatic carbocycles. The summed E-state index contributed by atoms with van der Waals surface area (Å²) in [6.07, 6.45) is 1.81. The number of pyridine rings is 1. The number of para-hydroxylation sites is 1. The first-order valence-electron chi connectivity index (χ1n) is 5.80. The Hall–Kier alpha value is -2.36. The van der Waals surface area contributed by atoms with Gasteiger partial charge >= 0.3 is 0 Å². The lowest BCUT2D eigenvalue weighted by Gasteiger charge is -2.02. The normalized spacial score (nSPS) is 10.7. The lowest BCUT2D eigenvalue weighted by Crippen LogP contribution is -1.96. The van der Waals surface area contributed by atoms with Gasteiger partial charge in [-0.1, -0.05) is 18.2 Å². The van der Waals surface area contributed by atoms with Gasteiger partial charge < -0.3 is 9.72 Å². The maximum Gasteiger partial charge on any atom is 0.177 e. The number of aromatic nitrogens is 3. The predicted molar refractivity (Wildman–Crippen MR) is 69.4 cm³/mol. The lowest BCUT2D eigenvalue weighted by atomic mass is 10.3. The van der Waals surface area contributed by atoms with Gasteiger partial charge in [-0.25, -0.2) is 9.97 Å². The Bertz CT molecular complexity index is 661. The molecule has 4 nitrogen and oxygen atoms in total. The fraction of sp³-hybridized carbons (Fsp3) is 0.143. The Morgan fingerprint density at radius 2 is 2.06 bits per heavy atom. The molecule has 0 amide bonds. The molecule has 0 unspecified atom stereocenters. The van der Waals surface area contributed by atoms with Gasteiger partial charge in [0.2, 0.25) is 0 Å². The molecule has 0 saturated heterocycles. The summed E-state index contributed by atoms with van der Waals surface area (Å²) < 4.78 is 5.63. The van der Waals surface area contributed by atoms with Crippen LogP contribution in [0.1, 0.15) is 11.4 Å². The molecule has 0 fully saturated rings. The molecule has 2 aromatic heterocycles. The highest BCUT2D eigenvalue weighted by Gasteiger charge is 2.04. The van der Waals surface area contributed by atoms with Gasteiger partial charge in [-0.15, -0.1) is 0 Å². The Morgan fingerprint density at radius 1 is 1.22 bits per heavy atom. The zero-order valence-corrected chi connectivity index (χ0v) is 10.1. The fourth-order valence-corrected chi connectivity index (χ4v) is 1.79. The third-order valence-electron chi connectivity index (χ3n) is 2.64. The maximum atomic E-state index is 5.63. The molecule has 0 bridgehead atoms. The molecule has 3 rings (SSSR count). The van der Waals surface area contributed by atoms with Gasteiger partial charge in [-0.2, -0.15) is 0 Å². The third-order valence-corrected chi connectivity index (χ3v) is 2.64. The highest BCUT2D eigenvalue weighted by atomic mass is 16.5. The smallest absolute Gasteiger partial charge is 0.177 e. The molecule has 0 aliphatic rings. The van der Waals surface area contributed by atoms with E-state index in [-0.39, 0.29) is 0 Å². The van der Waals surface area contributed by atoms with Crippen molar-refractivity contribution in [1.29, 1.82) is 0 Å². The largest absolute Gasteiger partial charge is 0.486 e. The molecule has 0 aliphatic carbocycles. The van der Waals surface area contributed by atoms with Crippen LogP contribution in [0.3, 0.4) is 0 Å². The zero-order valence-electron chi connectivity index (χ0n) is 10.1. The highest BCUT2D eigenvalue weighted by molar-refractivity contribution is 5.70. The lowest BCUT2D eigenvalue weighted by molar-refractivity contribution is 0.297. The number of aromatic amines is 1. The Kier molecular flexibility index (Phi) is 2.68. The number of hydrogen-bond donors (Lipinski definition) is 1. The Balaban J connectivity index is 1.79. The zero-order chi connectivity index (χ0) is 12.4. The number of nitrogens with one attached hydrogen (secondary N) is 1. The van der Waals surface area contributed by atoms with Crippen molar-refractivity contribution in [2.75, 3.05) is 0 Å². The van der Waals surface area contributed by atoms with Crippen LogP contribution >= 0.6 is 0 Å². The minimum atomic E-state index is 0.416. The van der Waals surface area contributed by atoms with E-state index in [1.807, 2.05) is 49.5 Å². The first kappa shape index (κ1) is 10.8. The van der Waals surface area contributed by atoms with Crippen LogP contribution in [0.25, 0.3) is 11.2 Å². The molecule has 4 heteroatoms. The van der Waals surface area contributed by atoms with Gasteiger partial charge in [0.15, 0.2) is 5.65 Å². The minimum Gasteiger partial charge on any atom is -0.486 e. The van der Waals surface area contributed by atoms with Crippen molar-refractivity contribution in [3.05, 3.63) is 54.0 Å². The van der Waals surface area contributed by atoms with Crippen LogP contribution in [0, 0.1) is 6.92 Å². The standard InChI is InChI=1S/C14H13N3O/c1-10-7-12-14(15-8-10)17-13(16-12)9-18-11-5-3-2-4-6-11/h2-8H,9H2,1H3,(H,15,16,17). The number of aryl methyl sites for hydroxylation is 1. The number of benzene rings is 1. The number of H-pyrrole nitrogens is 1. The van der Waals surface area contributed by atoms with Crippen LogP contribution in [-0.4, -0.2) is 15.0 Å². The van der Waals surface area contributed by atoms with Crippen LogP contribution in [0.4, 0.5) is 0 Å². The van der Waals surface area contributed by atoms with Gasteiger partial charge in [0.05, 0.1) is 5.52 Å². The molecule has 90 valence electrons.